The van der Waals surface area contributed by atoms with Crippen LogP contribution in [0.3, 0.4) is 0 Å². The van der Waals surface area contributed by atoms with Crippen LogP contribution in [-0.2, 0) is 48.6 Å². The summed E-state index contributed by atoms with van der Waals surface area (Å²) in [6.45, 7) is 21.6. The smallest absolute Gasteiger partial charge is 0.410 e. The van der Waals surface area contributed by atoms with E-state index in [-0.39, 0.29) is 117 Å². The number of nitrogens with zero attached hydrogens (tertiary/aromatic N) is 13. The number of benzene rings is 3. The number of fused-ring (bicyclic) bond motifs is 3. The number of likely N-dealkylation sites (N-methyl/N-ethyl adjacent to an activating group) is 3. The number of anilines is 15. The molecule has 600 valence electrons. The van der Waals surface area contributed by atoms with Gasteiger partial charge in [-0.1, -0.05) is 31.5 Å². The minimum atomic E-state index is -3.63. The van der Waals surface area contributed by atoms with E-state index < -0.39 is 41.1 Å². The van der Waals surface area contributed by atoms with Gasteiger partial charge in [0.15, 0.2) is 47.0 Å². The van der Waals surface area contributed by atoms with Gasteiger partial charge in [-0.25, -0.2) is 54.6 Å². The van der Waals surface area contributed by atoms with Gasteiger partial charge >= 0.3 is 18.2 Å². The van der Waals surface area contributed by atoms with Crippen LogP contribution in [0.5, 0.6) is 0 Å². The lowest BCUT2D eigenvalue weighted by molar-refractivity contribution is -0.118. The SMILES string of the molecule is CC(C)N1CC(=O)N(C)c2cnc(Nc3cc(NC(=O)NCC4CCCC4)cc(S(C)(=O)=O)c3)nc21.CC(C)N1CC(=O)N(C)c2cnc(Nc3cc(NC(=O)NCC4CCN(C(=O)OC(C)(C)C)C4)cc(S(C)(=O)=O)c3)nc21.CCSC(=O)Nc1cc(Nc2ncc3c(n2)N(C(C)C)CC(=O)N3C)cc(S(C)(=O)=O)c1. The molecule has 39 heteroatoms. The molecule has 6 aromatic rings. The van der Waals surface area contributed by atoms with Crippen molar-refractivity contribution in [1.82, 2.24) is 45.4 Å². The van der Waals surface area contributed by atoms with Crippen LogP contribution in [0.4, 0.5) is 106 Å². The van der Waals surface area contributed by atoms with Gasteiger partial charge in [0.05, 0.1) is 52.9 Å². The van der Waals surface area contributed by atoms with Crippen molar-refractivity contribution in [2.75, 3.05) is 153 Å². The largest absolute Gasteiger partial charge is 0.444 e. The number of ether oxygens (including phenoxy) is 1. The van der Waals surface area contributed by atoms with Crippen molar-refractivity contribution in [2.45, 2.75) is 140 Å². The minimum Gasteiger partial charge on any atom is -0.444 e. The number of carbonyl (C=O) groups excluding carboxylic acids is 7. The van der Waals surface area contributed by atoms with Crippen molar-refractivity contribution in [2.24, 2.45) is 11.8 Å². The average Bonchev–Trinajstić information content (AvgIpc) is 1.37. The normalized spacial score (nSPS) is 15.9. The Labute approximate surface area is 651 Å². The van der Waals surface area contributed by atoms with Crippen LogP contribution in [-0.4, -0.2) is 216 Å². The molecule has 0 radical (unpaired) electrons. The summed E-state index contributed by atoms with van der Waals surface area (Å²) >= 11 is 1.09. The van der Waals surface area contributed by atoms with Crippen molar-refractivity contribution in [3.63, 3.8) is 0 Å². The Morgan fingerprint density at radius 1 is 0.505 bits per heavy atom. The zero-order chi connectivity index (χ0) is 81.4. The van der Waals surface area contributed by atoms with Gasteiger partial charge in [0, 0.05) is 118 Å². The molecule has 3 aromatic carbocycles. The van der Waals surface area contributed by atoms with E-state index in [0.29, 0.717) is 101 Å². The summed E-state index contributed by atoms with van der Waals surface area (Å²) in [4.78, 5) is 125. The number of sulfone groups is 3. The maximum absolute atomic E-state index is 12.8. The number of nitrogens with one attached hydrogen (secondary N) is 8. The highest BCUT2D eigenvalue weighted by molar-refractivity contribution is 8.13. The molecule has 2 fully saturated rings. The van der Waals surface area contributed by atoms with E-state index >= 15 is 0 Å². The lowest BCUT2D eigenvalue weighted by Gasteiger charge is -2.36. The van der Waals surface area contributed by atoms with Crippen molar-refractivity contribution in [3.8, 4) is 0 Å². The van der Waals surface area contributed by atoms with Gasteiger partial charge in [0.25, 0.3) is 5.24 Å². The molecule has 7 heterocycles. The van der Waals surface area contributed by atoms with Gasteiger partial charge in [-0.3, -0.25) is 19.2 Å². The number of amides is 9. The molecule has 1 atom stereocenters. The summed E-state index contributed by atoms with van der Waals surface area (Å²) in [5, 5.41) is 22.6. The number of thioether (sulfide) groups is 1. The minimum absolute atomic E-state index is 0.00615. The Morgan fingerprint density at radius 2 is 0.838 bits per heavy atom. The van der Waals surface area contributed by atoms with Crippen LogP contribution >= 0.6 is 11.8 Å². The lowest BCUT2D eigenvalue weighted by Crippen LogP contribution is -2.47. The first-order valence-electron chi connectivity index (χ1n) is 36.1. The Hall–Kier alpha value is -10.4. The topological polar surface area (TPSA) is 427 Å². The zero-order valence-electron chi connectivity index (χ0n) is 65.2. The molecular formula is C72H99N21O14S4. The van der Waals surface area contributed by atoms with Gasteiger partial charge in [0.1, 0.15) is 22.7 Å². The van der Waals surface area contributed by atoms with E-state index in [1.54, 1.807) is 56.6 Å². The second kappa shape index (κ2) is 35.3. The molecule has 11 rings (SSSR count). The standard InChI is InChI=1S/C28H40N8O6S.C24H33N7O4S.C20H26N6O4S2/c1-17(2)36-16-23(37)34(6)22-14-29-25(33-24(22)36)31-19-10-20(12-21(11-19)43(7,40)41)32-26(38)30-13-18-8-9-35(15-18)27(39)42-28(3,4)5;1-15(2)31-14-21(32)30(3)20-13-25-23(29-22(20)31)27-17-9-18(11-19(10-17)36(4,34)35)28-24(33)26-12-16-7-5-6-8-16;1-6-31-20(28)23-14-7-13(8-15(9-14)32(5,29)30)22-19-21-10-16-18(24-19)26(12(2)3)11-17(27)25(16)4/h10-12,14,17-18H,8-9,13,15-16H2,1-7H3,(H,29,31,33)(H2,30,32,38);9-11,13,15-16H,5-8,12,14H2,1-4H3,(H,25,27,29)(H2,26,28,33);7-10,12H,6,11H2,1-5H3,(H,23,28)(H,21,22,24). The molecule has 8 N–H and O–H groups in total. The molecule has 111 heavy (non-hydrogen) atoms. The van der Waals surface area contributed by atoms with Crippen molar-refractivity contribution >= 4 is 169 Å². The Bertz CT molecular complexity index is 4870. The van der Waals surface area contributed by atoms with E-state index in [1.165, 1.54) is 70.1 Å². The molecule has 1 aliphatic carbocycles. The molecule has 5 aliphatic rings. The number of aromatic nitrogens is 6. The highest BCUT2D eigenvalue weighted by Crippen LogP contribution is 2.38. The quantitative estimate of drug-likeness (QED) is 0.0352. The van der Waals surface area contributed by atoms with Gasteiger partial charge in [0.2, 0.25) is 35.6 Å². The Kier molecular flexibility index (Phi) is 26.9. The predicted molar refractivity (Wildman–Crippen MR) is 431 cm³/mol. The van der Waals surface area contributed by atoms with Gasteiger partial charge in [-0.15, -0.1) is 0 Å². The van der Waals surface area contributed by atoms with Crippen molar-refractivity contribution in [3.05, 3.63) is 73.2 Å². The van der Waals surface area contributed by atoms with Crippen LogP contribution < -0.4 is 71.9 Å². The monoisotopic (exact) mass is 1610 g/mol. The van der Waals surface area contributed by atoms with Gasteiger partial charge < -0.3 is 81.6 Å². The molecule has 0 spiro atoms. The number of urea groups is 2. The summed E-state index contributed by atoms with van der Waals surface area (Å²) in [5.41, 5.74) is 3.24. The Balaban J connectivity index is 0.000000194. The fourth-order valence-electron chi connectivity index (χ4n) is 12.4. The molecule has 4 aliphatic heterocycles. The second-order valence-electron chi connectivity index (χ2n) is 29.4. The maximum Gasteiger partial charge on any atom is 0.410 e. The third kappa shape index (κ3) is 22.7. The first-order chi connectivity index (χ1) is 52.0. The lowest BCUT2D eigenvalue weighted by atomic mass is 10.1. The number of hydrogen-bond acceptors (Lipinski definition) is 27. The van der Waals surface area contributed by atoms with Crippen LogP contribution in [0.2, 0.25) is 0 Å². The van der Waals surface area contributed by atoms with Crippen molar-refractivity contribution in [1.29, 1.82) is 0 Å². The third-order valence-corrected chi connectivity index (χ3v) is 22.3. The highest BCUT2D eigenvalue weighted by Gasteiger charge is 2.35. The van der Waals surface area contributed by atoms with Crippen LogP contribution in [0.1, 0.15) is 101 Å². The number of carbonyl (C=O) groups is 7. The van der Waals surface area contributed by atoms with E-state index in [2.05, 4.69) is 72.4 Å². The first kappa shape index (κ1) is 84.6. The molecular weight excluding hydrogens is 1510 g/mol. The highest BCUT2D eigenvalue weighted by atomic mass is 32.2. The molecule has 1 saturated carbocycles. The molecule has 1 saturated heterocycles. The average molecular weight is 1610 g/mol. The zero-order valence-corrected chi connectivity index (χ0v) is 68.4. The molecule has 35 nitrogen and oxygen atoms in total. The number of likely N-dealkylation sites (tertiary alicyclic amines) is 1. The third-order valence-electron chi connectivity index (χ3n) is 18.4. The van der Waals surface area contributed by atoms with E-state index in [0.717, 1.165) is 49.8 Å². The number of hydrogen-bond donors (Lipinski definition) is 8. The van der Waals surface area contributed by atoms with Crippen LogP contribution in [0.25, 0.3) is 0 Å². The van der Waals surface area contributed by atoms with E-state index in [9.17, 15) is 58.8 Å². The van der Waals surface area contributed by atoms with E-state index in [1.807, 2.05) is 83.9 Å². The van der Waals surface area contributed by atoms with Gasteiger partial charge in [-0.2, -0.15) is 15.0 Å². The second-order valence-corrected chi connectivity index (χ2v) is 36.7. The summed E-state index contributed by atoms with van der Waals surface area (Å²) in [5.74, 6) is 3.41. The summed E-state index contributed by atoms with van der Waals surface area (Å²) in [6.07, 6.45) is 12.9. The molecule has 3 aromatic heterocycles. The Morgan fingerprint density at radius 3 is 1.16 bits per heavy atom. The van der Waals surface area contributed by atoms with Gasteiger partial charge in [-0.05, 0) is 154 Å². The summed E-state index contributed by atoms with van der Waals surface area (Å²) in [6, 6.07) is 12.6. The summed E-state index contributed by atoms with van der Waals surface area (Å²) < 4.78 is 79.3. The fourth-order valence-corrected chi connectivity index (χ4v) is 14.9. The van der Waals surface area contributed by atoms with E-state index in [4.69, 9.17) is 4.74 Å². The number of rotatable bonds is 20. The fraction of sp³-hybridized carbons (Fsp3) is 0.486. The predicted octanol–water partition coefficient (Wildman–Crippen LogP) is 9.42. The summed E-state index contributed by atoms with van der Waals surface area (Å²) in [7, 11) is -5.69. The first-order valence-corrected chi connectivity index (χ1v) is 42.7. The van der Waals surface area contributed by atoms with Crippen LogP contribution in [0.15, 0.2) is 87.9 Å². The maximum atomic E-state index is 12.8. The van der Waals surface area contributed by atoms with Crippen LogP contribution in [0, 0.1) is 11.8 Å². The molecule has 0 bridgehead atoms. The molecule has 1 unspecified atom stereocenters. The van der Waals surface area contributed by atoms with Crippen molar-refractivity contribution < 1.29 is 63.6 Å². The molecule has 9 amide bonds.